The third kappa shape index (κ3) is 3.44. The zero-order valence-corrected chi connectivity index (χ0v) is 9.82. The molecular formula is C8H7Br2FN2. The first-order chi connectivity index (χ1) is 6.09. The lowest BCUT2D eigenvalue weighted by Gasteiger charge is -2.04. The maximum Gasteiger partial charge on any atom is 0.166 e. The summed E-state index contributed by atoms with van der Waals surface area (Å²) in [5, 5.41) is 2.79. The van der Waals surface area contributed by atoms with E-state index in [1.807, 2.05) is 0 Å². The van der Waals surface area contributed by atoms with Crippen LogP contribution >= 0.6 is 31.9 Å². The van der Waals surface area contributed by atoms with Crippen LogP contribution in [0.3, 0.4) is 0 Å². The number of aromatic nitrogens is 1. The highest BCUT2D eigenvalue weighted by Crippen LogP contribution is 2.16. The number of pyridine rings is 1. The number of hydrogen-bond acceptors (Lipinski definition) is 2. The minimum atomic E-state index is -0.386. The highest BCUT2D eigenvalue weighted by atomic mass is 79.9. The third-order valence-corrected chi connectivity index (χ3v) is 1.97. The predicted octanol–water partition coefficient (Wildman–Crippen LogP) is 3.30. The Hall–Kier alpha value is -0.420. The number of rotatable bonds is 3. The molecule has 0 saturated carbocycles. The second-order valence-corrected chi connectivity index (χ2v) is 4.39. The van der Waals surface area contributed by atoms with Gasteiger partial charge in [0.2, 0.25) is 0 Å². The Kier molecular flexibility index (Phi) is 3.87. The van der Waals surface area contributed by atoms with Crippen molar-refractivity contribution in [2.45, 2.75) is 0 Å². The monoisotopic (exact) mass is 308 g/mol. The van der Waals surface area contributed by atoms with Crippen molar-refractivity contribution in [3.05, 3.63) is 33.6 Å². The first-order valence-corrected chi connectivity index (χ1v) is 5.06. The Bertz CT molecular complexity index is 328. The normalized spacial score (nSPS) is 9.77. The fourth-order valence-electron chi connectivity index (χ4n) is 0.724. The Morgan fingerprint density at radius 1 is 1.69 bits per heavy atom. The molecule has 5 heteroatoms. The maximum absolute atomic E-state index is 13.1. The van der Waals surface area contributed by atoms with Gasteiger partial charge in [0.25, 0.3) is 0 Å². The van der Waals surface area contributed by atoms with E-state index in [1.54, 1.807) is 0 Å². The van der Waals surface area contributed by atoms with Crippen LogP contribution in [0.4, 0.5) is 10.2 Å². The summed E-state index contributed by atoms with van der Waals surface area (Å²) in [6.45, 7) is 4.06. The van der Waals surface area contributed by atoms with E-state index >= 15 is 0 Å². The summed E-state index contributed by atoms with van der Waals surface area (Å²) in [5.74, 6) is -0.160. The largest absolute Gasteiger partial charge is 0.363 e. The number of anilines is 1. The van der Waals surface area contributed by atoms with Crippen LogP contribution < -0.4 is 5.32 Å². The summed E-state index contributed by atoms with van der Waals surface area (Å²) in [5.41, 5.74) is 0. The van der Waals surface area contributed by atoms with E-state index in [-0.39, 0.29) is 11.6 Å². The van der Waals surface area contributed by atoms with Crippen molar-refractivity contribution in [3.8, 4) is 0 Å². The number of nitrogens with zero attached hydrogens (tertiary/aromatic N) is 1. The minimum Gasteiger partial charge on any atom is -0.363 e. The van der Waals surface area contributed by atoms with Gasteiger partial charge < -0.3 is 5.32 Å². The molecule has 0 aliphatic heterocycles. The summed E-state index contributed by atoms with van der Waals surface area (Å²) < 4.78 is 14.5. The molecule has 0 aromatic carbocycles. The van der Waals surface area contributed by atoms with Crippen LogP contribution in [-0.4, -0.2) is 11.5 Å². The zero-order valence-electron chi connectivity index (χ0n) is 6.65. The average Bonchev–Trinajstić information content (AvgIpc) is 2.02. The molecule has 1 rings (SSSR count). The Morgan fingerprint density at radius 3 is 2.92 bits per heavy atom. The maximum atomic E-state index is 13.1. The van der Waals surface area contributed by atoms with Crippen molar-refractivity contribution in [3.63, 3.8) is 0 Å². The van der Waals surface area contributed by atoms with Gasteiger partial charge in [0.15, 0.2) is 11.6 Å². The molecule has 1 aromatic rings. The van der Waals surface area contributed by atoms with Crippen molar-refractivity contribution >= 4 is 37.7 Å². The van der Waals surface area contributed by atoms with E-state index in [9.17, 15) is 4.39 Å². The predicted molar refractivity (Wildman–Crippen MR) is 58.5 cm³/mol. The molecule has 0 bridgehead atoms. The molecule has 0 fully saturated rings. The van der Waals surface area contributed by atoms with Crippen molar-refractivity contribution < 1.29 is 4.39 Å². The Labute approximate surface area is 92.5 Å². The van der Waals surface area contributed by atoms with Crippen molar-refractivity contribution in [1.29, 1.82) is 0 Å². The minimum absolute atomic E-state index is 0.226. The summed E-state index contributed by atoms with van der Waals surface area (Å²) in [6.07, 6.45) is 1.53. The Morgan fingerprint density at radius 2 is 2.38 bits per heavy atom. The van der Waals surface area contributed by atoms with Gasteiger partial charge >= 0.3 is 0 Å². The molecule has 1 aromatic heterocycles. The molecule has 0 spiro atoms. The molecule has 0 aliphatic rings. The molecular weight excluding hydrogens is 303 g/mol. The standard InChI is InChI=1S/C8H7Br2FN2/c1-5(9)3-12-8-7(11)2-6(10)4-13-8/h2,4H,1,3H2,(H,12,13). The third-order valence-electron chi connectivity index (χ3n) is 1.26. The van der Waals surface area contributed by atoms with Crippen LogP contribution in [0.15, 0.2) is 27.8 Å². The molecule has 0 atom stereocenters. The van der Waals surface area contributed by atoms with Gasteiger partial charge in [-0.15, -0.1) is 0 Å². The van der Waals surface area contributed by atoms with Crippen LogP contribution in [0.5, 0.6) is 0 Å². The van der Waals surface area contributed by atoms with Crippen LogP contribution in [0, 0.1) is 5.82 Å². The van der Waals surface area contributed by atoms with E-state index in [0.717, 1.165) is 4.48 Å². The summed E-state index contributed by atoms with van der Waals surface area (Å²) in [4.78, 5) is 3.85. The second-order valence-electron chi connectivity index (χ2n) is 2.35. The van der Waals surface area contributed by atoms with Gasteiger partial charge in [-0.2, -0.15) is 0 Å². The van der Waals surface area contributed by atoms with Gasteiger partial charge in [-0.3, -0.25) is 0 Å². The van der Waals surface area contributed by atoms with Gasteiger partial charge in [-0.1, -0.05) is 22.5 Å². The average molecular weight is 310 g/mol. The number of nitrogens with one attached hydrogen (secondary N) is 1. The first kappa shape index (κ1) is 10.7. The zero-order chi connectivity index (χ0) is 9.84. The molecule has 0 amide bonds. The van der Waals surface area contributed by atoms with Crippen LogP contribution in [0.2, 0.25) is 0 Å². The van der Waals surface area contributed by atoms with E-state index in [2.05, 4.69) is 48.7 Å². The lowest BCUT2D eigenvalue weighted by atomic mass is 10.4. The molecule has 0 aliphatic carbocycles. The van der Waals surface area contributed by atoms with Gasteiger partial charge in [0, 0.05) is 21.7 Å². The topological polar surface area (TPSA) is 24.9 Å². The fraction of sp³-hybridized carbons (Fsp3) is 0.125. The van der Waals surface area contributed by atoms with Gasteiger partial charge in [0.05, 0.1) is 0 Å². The highest BCUT2D eigenvalue weighted by molar-refractivity contribution is 9.11. The van der Waals surface area contributed by atoms with Crippen molar-refractivity contribution in [1.82, 2.24) is 4.98 Å². The summed E-state index contributed by atoms with van der Waals surface area (Å²) in [6, 6.07) is 1.35. The summed E-state index contributed by atoms with van der Waals surface area (Å²) in [7, 11) is 0. The number of halogens is 3. The quantitative estimate of drug-likeness (QED) is 0.926. The van der Waals surface area contributed by atoms with Crippen LogP contribution in [0.1, 0.15) is 0 Å². The van der Waals surface area contributed by atoms with E-state index in [1.165, 1.54) is 12.3 Å². The van der Waals surface area contributed by atoms with Crippen molar-refractivity contribution in [2.24, 2.45) is 0 Å². The Balaban J connectivity index is 2.72. The second kappa shape index (κ2) is 4.72. The molecule has 1 N–H and O–H groups in total. The van der Waals surface area contributed by atoms with Crippen LogP contribution in [0.25, 0.3) is 0 Å². The summed E-state index contributed by atoms with van der Waals surface area (Å²) >= 11 is 6.27. The van der Waals surface area contributed by atoms with E-state index in [0.29, 0.717) is 11.0 Å². The van der Waals surface area contributed by atoms with Crippen LogP contribution in [-0.2, 0) is 0 Å². The lowest BCUT2D eigenvalue weighted by Crippen LogP contribution is -2.04. The SMILES string of the molecule is C=C(Br)CNc1ncc(Br)cc1F. The number of hydrogen-bond donors (Lipinski definition) is 1. The van der Waals surface area contributed by atoms with E-state index in [4.69, 9.17) is 0 Å². The lowest BCUT2D eigenvalue weighted by molar-refractivity contribution is 0.624. The van der Waals surface area contributed by atoms with Gasteiger partial charge in [0.1, 0.15) is 0 Å². The van der Waals surface area contributed by atoms with E-state index < -0.39 is 0 Å². The molecule has 13 heavy (non-hydrogen) atoms. The fourth-order valence-corrected chi connectivity index (χ4v) is 1.17. The van der Waals surface area contributed by atoms with Gasteiger partial charge in [-0.05, 0) is 22.0 Å². The molecule has 0 saturated heterocycles. The molecule has 1 heterocycles. The first-order valence-electron chi connectivity index (χ1n) is 3.48. The molecule has 0 unspecified atom stereocenters. The smallest absolute Gasteiger partial charge is 0.166 e. The molecule has 0 radical (unpaired) electrons. The highest BCUT2D eigenvalue weighted by Gasteiger charge is 2.02. The van der Waals surface area contributed by atoms with Crippen molar-refractivity contribution in [2.75, 3.05) is 11.9 Å². The molecule has 2 nitrogen and oxygen atoms in total. The van der Waals surface area contributed by atoms with Gasteiger partial charge in [-0.25, -0.2) is 9.37 Å². The molecule has 70 valence electrons.